The first-order chi connectivity index (χ1) is 5.83. The maximum atomic E-state index is 10.7. The van der Waals surface area contributed by atoms with E-state index in [1.807, 2.05) is 0 Å². The summed E-state index contributed by atoms with van der Waals surface area (Å²) < 4.78 is 6.83. The van der Waals surface area contributed by atoms with Crippen molar-refractivity contribution in [2.24, 2.45) is 7.05 Å². The lowest BCUT2D eigenvalue weighted by Gasteiger charge is -2.09. The summed E-state index contributed by atoms with van der Waals surface area (Å²) >= 11 is 0. The smallest absolute Gasteiger partial charge is 0.168 e. The topological polar surface area (TPSA) is 44.1 Å². The Hall–Kier alpha value is -1.16. The zero-order chi connectivity index (χ0) is 8.55. The molecule has 64 valence electrons. The quantitative estimate of drug-likeness (QED) is 0.564. The molecule has 0 spiro atoms. The fourth-order valence-electron chi connectivity index (χ4n) is 1.52. The maximum Gasteiger partial charge on any atom is 0.168 e. The minimum atomic E-state index is 0.539. The first-order valence-electron chi connectivity index (χ1n) is 3.90. The van der Waals surface area contributed by atoms with Gasteiger partial charge in [-0.25, -0.2) is 0 Å². The van der Waals surface area contributed by atoms with Crippen LogP contribution in [0.5, 0.6) is 0 Å². The number of ether oxygens (including phenoxy) is 1. The first-order valence-corrected chi connectivity index (χ1v) is 3.90. The summed E-state index contributed by atoms with van der Waals surface area (Å²) in [6, 6.07) is 0. The molecule has 2 rings (SSSR count). The molecule has 1 aliphatic rings. The fourth-order valence-corrected chi connectivity index (χ4v) is 1.52. The molecule has 0 saturated heterocycles. The molecule has 0 saturated carbocycles. The van der Waals surface area contributed by atoms with Crippen LogP contribution in [-0.2, 0) is 24.8 Å². The Kier molecular flexibility index (Phi) is 1.69. The number of carbonyl (C=O) groups is 1. The molecule has 4 nitrogen and oxygen atoms in total. The highest BCUT2D eigenvalue weighted by molar-refractivity contribution is 5.75. The van der Waals surface area contributed by atoms with Crippen LogP contribution in [0.1, 0.15) is 21.7 Å². The summed E-state index contributed by atoms with van der Waals surface area (Å²) in [6.07, 6.45) is 1.66. The van der Waals surface area contributed by atoms with Crippen molar-refractivity contribution in [3.8, 4) is 0 Å². The number of nitrogens with zero attached hydrogens (tertiary/aromatic N) is 2. The molecular formula is C8H10N2O2. The SMILES string of the molecule is Cn1nc2c(c1C=O)CCOC2. The lowest BCUT2D eigenvalue weighted by Crippen LogP contribution is -2.09. The molecule has 4 heteroatoms. The van der Waals surface area contributed by atoms with Crippen molar-refractivity contribution in [3.05, 3.63) is 17.0 Å². The standard InChI is InChI=1S/C8H10N2O2/c1-10-8(4-11)6-2-3-12-5-7(6)9-10/h4H,2-3,5H2,1H3. The van der Waals surface area contributed by atoms with E-state index < -0.39 is 0 Å². The minimum Gasteiger partial charge on any atom is -0.375 e. The zero-order valence-electron chi connectivity index (χ0n) is 6.91. The molecule has 12 heavy (non-hydrogen) atoms. The molecule has 1 aliphatic heterocycles. The van der Waals surface area contributed by atoms with Crippen molar-refractivity contribution in [1.29, 1.82) is 0 Å². The normalized spacial score (nSPS) is 15.8. The van der Waals surface area contributed by atoms with Crippen LogP contribution < -0.4 is 0 Å². The van der Waals surface area contributed by atoms with Crippen LogP contribution in [-0.4, -0.2) is 22.7 Å². The van der Waals surface area contributed by atoms with Crippen molar-refractivity contribution >= 4 is 6.29 Å². The Balaban J connectivity index is 2.53. The zero-order valence-corrected chi connectivity index (χ0v) is 6.91. The number of hydrogen-bond acceptors (Lipinski definition) is 3. The highest BCUT2D eigenvalue weighted by Gasteiger charge is 2.18. The van der Waals surface area contributed by atoms with E-state index >= 15 is 0 Å². The van der Waals surface area contributed by atoms with E-state index in [-0.39, 0.29) is 0 Å². The van der Waals surface area contributed by atoms with Gasteiger partial charge in [-0.2, -0.15) is 5.10 Å². The third kappa shape index (κ3) is 0.956. The maximum absolute atomic E-state index is 10.7. The van der Waals surface area contributed by atoms with Crippen molar-refractivity contribution in [3.63, 3.8) is 0 Å². The largest absolute Gasteiger partial charge is 0.375 e. The molecule has 1 aromatic rings. The van der Waals surface area contributed by atoms with Gasteiger partial charge in [0.15, 0.2) is 6.29 Å². The molecule has 0 bridgehead atoms. The van der Waals surface area contributed by atoms with Gasteiger partial charge in [0.1, 0.15) is 5.69 Å². The second kappa shape index (κ2) is 2.71. The Labute approximate surface area is 70.1 Å². The van der Waals surface area contributed by atoms with Crippen LogP contribution in [0.15, 0.2) is 0 Å². The first kappa shape index (κ1) is 7.49. The molecular weight excluding hydrogens is 156 g/mol. The lowest BCUT2D eigenvalue weighted by molar-refractivity contribution is 0.106. The van der Waals surface area contributed by atoms with Gasteiger partial charge >= 0.3 is 0 Å². The second-order valence-corrected chi connectivity index (χ2v) is 2.85. The predicted molar refractivity (Wildman–Crippen MR) is 42.0 cm³/mol. The number of aldehydes is 1. The summed E-state index contributed by atoms with van der Waals surface area (Å²) in [4.78, 5) is 10.7. The molecule has 0 unspecified atom stereocenters. The lowest BCUT2D eigenvalue weighted by atomic mass is 10.1. The van der Waals surface area contributed by atoms with E-state index in [0.29, 0.717) is 18.9 Å². The molecule has 0 aromatic carbocycles. The van der Waals surface area contributed by atoms with Gasteiger partial charge in [-0.15, -0.1) is 0 Å². The van der Waals surface area contributed by atoms with Gasteiger partial charge < -0.3 is 4.74 Å². The molecule has 0 radical (unpaired) electrons. The average Bonchev–Trinajstić information content (AvgIpc) is 2.40. The Morgan fingerprint density at radius 2 is 2.50 bits per heavy atom. The van der Waals surface area contributed by atoms with Gasteiger partial charge in [0.25, 0.3) is 0 Å². The van der Waals surface area contributed by atoms with Crippen LogP contribution >= 0.6 is 0 Å². The van der Waals surface area contributed by atoms with Gasteiger partial charge in [-0.05, 0) is 6.42 Å². The van der Waals surface area contributed by atoms with Gasteiger partial charge in [-0.3, -0.25) is 9.48 Å². The molecule has 0 atom stereocenters. The van der Waals surface area contributed by atoms with E-state index in [1.165, 1.54) is 0 Å². The van der Waals surface area contributed by atoms with Crippen LogP contribution in [0.3, 0.4) is 0 Å². The number of aryl methyl sites for hydroxylation is 1. The second-order valence-electron chi connectivity index (χ2n) is 2.85. The highest BCUT2D eigenvalue weighted by Crippen LogP contribution is 2.17. The Morgan fingerprint density at radius 1 is 1.67 bits per heavy atom. The Morgan fingerprint density at radius 3 is 3.25 bits per heavy atom. The monoisotopic (exact) mass is 166 g/mol. The van der Waals surface area contributed by atoms with E-state index in [4.69, 9.17) is 4.74 Å². The van der Waals surface area contributed by atoms with E-state index in [2.05, 4.69) is 5.10 Å². The summed E-state index contributed by atoms with van der Waals surface area (Å²) in [6.45, 7) is 1.23. The van der Waals surface area contributed by atoms with E-state index in [1.54, 1.807) is 11.7 Å². The molecule has 0 aliphatic carbocycles. The number of hydrogen-bond donors (Lipinski definition) is 0. The van der Waals surface area contributed by atoms with Crippen molar-refractivity contribution in [2.45, 2.75) is 13.0 Å². The molecule has 0 fully saturated rings. The van der Waals surface area contributed by atoms with E-state index in [9.17, 15) is 4.79 Å². The minimum absolute atomic E-state index is 0.539. The fraction of sp³-hybridized carbons (Fsp3) is 0.500. The summed E-state index contributed by atoms with van der Waals surface area (Å²) in [5.74, 6) is 0. The van der Waals surface area contributed by atoms with Crippen LogP contribution in [0, 0.1) is 0 Å². The third-order valence-corrected chi connectivity index (χ3v) is 2.12. The average molecular weight is 166 g/mol. The summed E-state index contributed by atoms with van der Waals surface area (Å²) in [5, 5.41) is 4.18. The van der Waals surface area contributed by atoms with Crippen LogP contribution in [0.2, 0.25) is 0 Å². The van der Waals surface area contributed by atoms with E-state index in [0.717, 1.165) is 24.0 Å². The number of aromatic nitrogens is 2. The summed E-state index contributed by atoms with van der Waals surface area (Å²) in [7, 11) is 1.78. The summed E-state index contributed by atoms with van der Waals surface area (Å²) in [5.41, 5.74) is 2.65. The molecule has 0 N–H and O–H groups in total. The van der Waals surface area contributed by atoms with Gasteiger partial charge in [0.05, 0.1) is 18.9 Å². The number of fused-ring (bicyclic) bond motifs is 1. The predicted octanol–water partition coefficient (Wildman–Crippen LogP) is 0.305. The third-order valence-electron chi connectivity index (χ3n) is 2.12. The van der Waals surface area contributed by atoms with Gasteiger partial charge in [0.2, 0.25) is 0 Å². The number of carbonyl (C=O) groups excluding carboxylic acids is 1. The van der Waals surface area contributed by atoms with Gasteiger partial charge in [-0.1, -0.05) is 0 Å². The number of rotatable bonds is 1. The molecule has 1 aromatic heterocycles. The van der Waals surface area contributed by atoms with Gasteiger partial charge in [0, 0.05) is 12.6 Å². The molecule has 2 heterocycles. The van der Waals surface area contributed by atoms with Crippen molar-refractivity contribution in [2.75, 3.05) is 6.61 Å². The molecule has 0 amide bonds. The van der Waals surface area contributed by atoms with Crippen LogP contribution in [0.4, 0.5) is 0 Å². The highest BCUT2D eigenvalue weighted by atomic mass is 16.5. The van der Waals surface area contributed by atoms with Crippen molar-refractivity contribution < 1.29 is 9.53 Å². The van der Waals surface area contributed by atoms with Crippen LogP contribution in [0.25, 0.3) is 0 Å². The van der Waals surface area contributed by atoms with Crippen molar-refractivity contribution in [1.82, 2.24) is 9.78 Å². The Bertz CT molecular complexity index is 317.